The fourth-order valence-electron chi connectivity index (χ4n) is 3.09. The Kier molecular flexibility index (Phi) is 8.36. The Balaban J connectivity index is 0.000000771. The fourth-order valence-corrected chi connectivity index (χ4v) is 3.09. The molecule has 2 nitrogen and oxygen atoms in total. The van der Waals surface area contributed by atoms with Crippen molar-refractivity contribution in [1.29, 1.82) is 0 Å². The minimum atomic E-state index is 0.879. The van der Waals surface area contributed by atoms with Crippen molar-refractivity contribution in [2.45, 2.75) is 46.5 Å². The number of hydrogen-bond donors (Lipinski definition) is 1. The van der Waals surface area contributed by atoms with E-state index < -0.39 is 0 Å². The van der Waals surface area contributed by atoms with E-state index in [-0.39, 0.29) is 0 Å². The molecule has 0 aromatic heterocycles. The number of allylic oxidation sites excluding steroid dienone is 2. The van der Waals surface area contributed by atoms with Crippen molar-refractivity contribution in [2.75, 3.05) is 32.7 Å². The number of nitrogens with zero attached hydrogens (tertiary/aromatic N) is 1. The highest BCUT2D eigenvalue weighted by molar-refractivity contribution is 4.89. The van der Waals surface area contributed by atoms with Crippen LogP contribution >= 0.6 is 0 Å². The van der Waals surface area contributed by atoms with Crippen molar-refractivity contribution in [1.82, 2.24) is 10.2 Å². The van der Waals surface area contributed by atoms with E-state index in [1.165, 1.54) is 58.4 Å². The second kappa shape index (κ2) is 9.57. The molecule has 2 aliphatic rings. The van der Waals surface area contributed by atoms with Gasteiger partial charge in [0.25, 0.3) is 0 Å². The van der Waals surface area contributed by atoms with E-state index in [4.69, 9.17) is 0 Å². The van der Waals surface area contributed by atoms with E-state index in [0.29, 0.717) is 0 Å². The molecule has 1 saturated heterocycles. The first-order valence-electron chi connectivity index (χ1n) is 7.94. The zero-order valence-electron chi connectivity index (χ0n) is 12.6. The summed E-state index contributed by atoms with van der Waals surface area (Å²) in [5.41, 5.74) is 0. The van der Waals surface area contributed by atoms with Crippen LogP contribution < -0.4 is 5.32 Å². The molecule has 2 rings (SSSR count). The Labute approximate surface area is 114 Å². The summed E-state index contributed by atoms with van der Waals surface area (Å²) in [6.07, 6.45) is 10.3. The summed E-state index contributed by atoms with van der Waals surface area (Å²) >= 11 is 0. The molecule has 0 radical (unpaired) electrons. The van der Waals surface area contributed by atoms with Gasteiger partial charge in [-0.3, -0.25) is 0 Å². The zero-order chi connectivity index (χ0) is 13.2. The normalized spacial score (nSPS) is 29.9. The maximum absolute atomic E-state index is 3.42. The van der Waals surface area contributed by atoms with Gasteiger partial charge in [0.2, 0.25) is 0 Å². The van der Waals surface area contributed by atoms with Crippen LogP contribution in [0.15, 0.2) is 12.2 Å². The van der Waals surface area contributed by atoms with Gasteiger partial charge in [-0.2, -0.15) is 0 Å². The van der Waals surface area contributed by atoms with Crippen LogP contribution in [0.5, 0.6) is 0 Å². The van der Waals surface area contributed by atoms with E-state index in [0.717, 1.165) is 11.8 Å². The molecule has 0 aromatic carbocycles. The predicted octanol–water partition coefficient (Wildman–Crippen LogP) is 3.30. The van der Waals surface area contributed by atoms with Crippen LogP contribution in [0.25, 0.3) is 0 Å². The fraction of sp³-hybridized carbons (Fsp3) is 0.875. The summed E-state index contributed by atoms with van der Waals surface area (Å²) in [7, 11) is 0. The molecule has 1 aliphatic carbocycles. The number of nitrogens with one attached hydrogen (secondary N) is 1. The lowest BCUT2D eigenvalue weighted by Gasteiger charge is -2.34. The quantitative estimate of drug-likeness (QED) is 0.775. The van der Waals surface area contributed by atoms with Gasteiger partial charge in [0.15, 0.2) is 0 Å². The van der Waals surface area contributed by atoms with Crippen LogP contribution in [0.4, 0.5) is 0 Å². The Morgan fingerprint density at radius 3 is 2.22 bits per heavy atom. The first-order valence-corrected chi connectivity index (χ1v) is 7.94. The van der Waals surface area contributed by atoms with Crippen LogP contribution in [0.2, 0.25) is 0 Å². The van der Waals surface area contributed by atoms with Gasteiger partial charge in [-0.1, -0.05) is 26.0 Å². The second-order valence-electron chi connectivity index (χ2n) is 5.36. The third-order valence-corrected chi connectivity index (χ3v) is 4.08. The molecule has 0 aromatic rings. The molecule has 0 atom stereocenters. The van der Waals surface area contributed by atoms with Crippen molar-refractivity contribution >= 4 is 0 Å². The number of rotatable bonds is 3. The van der Waals surface area contributed by atoms with E-state index >= 15 is 0 Å². The van der Waals surface area contributed by atoms with Crippen molar-refractivity contribution in [3.63, 3.8) is 0 Å². The van der Waals surface area contributed by atoms with E-state index in [2.05, 4.69) is 29.3 Å². The summed E-state index contributed by atoms with van der Waals surface area (Å²) in [5, 5.41) is 3.42. The van der Waals surface area contributed by atoms with Gasteiger partial charge >= 0.3 is 0 Å². The molecule has 1 aliphatic heterocycles. The summed E-state index contributed by atoms with van der Waals surface area (Å²) in [4.78, 5) is 2.65. The third-order valence-electron chi connectivity index (χ3n) is 4.08. The average Bonchev–Trinajstić information content (AvgIpc) is 2.45. The van der Waals surface area contributed by atoms with Gasteiger partial charge < -0.3 is 10.2 Å². The molecule has 1 heterocycles. The highest BCUT2D eigenvalue weighted by Gasteiger charge is 2.22. The molecule has 0 amide bonds. The zero-order valence-corrected chi connectivity index (χ0v) is 12.6. The molecule has 2 heteroatoms. The highest BCUT2D eigenvalue weighted by Crippen LogP contribution is 2.30. The van der Waals surface area contributed by atoms with E-state index in [1.54, 1.807) is 0 Å². The lowest BCUT2D eigenvalue weighted by Crippen LogP contribution is -2.45. The minimum Gasteiger partial charge on any atom is -0.314 e. The first-order chi connectivity index (χ1) is 8.88. The van der Waals surface area contributed by atoms with Crippen LogP contribution in [-0.2, 0) is 0 Å². The molecule has 2 fully saturated rings. The Hall–Kier alpha value is -0.340. The molecule has 18 heavy (non-hydrogen) atoms. The average molecular weight is 252 g/mol. The van der Waals surface area contributed by atoms with Gasteiger partial charge in [0, 0.05) is 32.7 Å². The van der Waals surface area contributed by atoms with Crippen molar-refractivity contribution in [3.8, 4) is 0 Å². The lowest BCUT2D eigenvalue weighted by atomic mass is 9.81. The minimum absolute atomic E-state index is 0.879. The van der Waals surface area contributed by atoms with Crippen LogP contribution in [0.3, 0.4) is 0 Å². The number of piperazine rings is 1. The molecular weight excluding hydrogens is 220 g/mol. The summed E-state index contributed by atoms with van der Waals surface area (Å²) in [6.45, 7) is 12.4. The van der Waals surface area contributed by atoms with Gasteiger partial charge in [0.05, 0.1) is 0 Å². The third kappa shape index (κ3) is 5.53. The first kappa shape index (κ1) is 15.7. The van der Waals surface area contributed by atoms with Crippen LogP contribution in [-0.4, -0.2) is 37.6 Å². The van der Waals surface area contributed by atoms with Gasteiger partial charge in [-0.15, -0.1) is 0 Å². The second-order valence-corrected chi connectivity index (χ2v) is 5.36. The molecule has 1 N–H and O–H groups in total. The molecule has 106 valence electrons. The molecule has 0 spiro atoms. The largest absolute Gasteiger partial charge is 0.314 e. The maximum atomic E-state index is 3.42. The smallest absolute Gasteiger partial charge is 0.0107 e. The SMILES string of the molecule is C/C=C\C1CCC(CN2CCNCC2)CC1.CC. The molecule has 0 bridgehead atoms. The van der Waals surface area contributed by atoms with Crippen LogP contribution in [0, 0.1) is 11.8 Å². The Morgan fingerprint density at radius 1 is 1.06 bits per heavy atom. The Morgan fingerprint density at radius 2 is 1.67 bits per heavy atom. The van der Waals surface area contributed by atoms with Gasteiger partial charge in [-0.05, 0) is 44.4 Å². The molecular formula is C16H32N2. The van der Waals surface area contributed by atoms with E-state index in [9.17, 15) is 0 Å². The summed E-state index contributed by atoms with van der Waals surface area (Å²) in [5.74, 6) is 1.85. The molecule has 1 saturated carbocycles. The van der Waals surface area contributed by atoms with Gasteiger partial charge in [-0.25, -0.2) is 0 Å². The lowest BCUT2D eigenvalue weighted by molar-refractivity contribution is 0.173. The van der Waals surface area contributed by atoms with Crippen molar-refractivity contribution in [2.24, 2.45) is 11.8 Å². The topological polar surface area (TPSA) is 15.3 Å². The highest BCUT2D eigenvalue weighted by atomic mass is 15.2. The van der Waals surface area contributed by atoms with E-state index in [1.807, 2.05) is 13.8 Å². The van der Waals surface area contributed by atoms with Crippen molar-refractivity contribution < 1.29 is 0 Å². The van der Waals surface area contributed by atoms with Crippen molar-refractivity contribution in [3.05, 3.63) is 12.2 Å². The molecule has 0 unspecified atom stereocenters. The Bertz CT molecular complexity index is 211. The maximum Gasteiger partial charge on any atom is 0.0107 e. The monoisotopic (exact) mass is 252 g/mol. The predicted molar refractivity (Wildman–Crippen MR) is 80.9 cm³/mol. The summed E-state index contributed by atoms with van der Waals surface area (Å²) < 4.78 is 0. The van der Waals surface area contributed by atoms with Gasteiger partial charge in [0.1, 0.15) is 0 Å². The standard InChI is InChI=1S/C14H26N2.C2H6/c1-2-3-13-4-6-14(7-5-13)12-16-10-8-15-9-11-16;1-2/h2-3,13-15H,4-12H2,1H3;1-2H3/b3-2-;. The van der Waals surface area contributed by atoms with Crippen LogP contribution in [0.1, 0.15) is 46.5 Å². The summed E-state index contributed by atoms with van der Waals surface area (Å²) in [6, 6.07) is 0. The number of hydrogen-bond acceptors (Lipinski definition) is 2.